The number of hydrogen-bond acceptors (Lipinski definition) is 6. The maximum Gasteiger partial charge on any atom is 0.514 e. The monoisotopic (exact) mass is 303 g/mol. The summed E-state index contributed by atoms with van der Waals surface area (Å²) in [6.45, 7) is 0.0514. The molecule has 2 aromatic rings. The van der Waals surface area contributed by atoms with Crippen LogP contribution in [0.25, 0.3) is 0 Å². The van der Waals surface area contributed by atoms with Crippen molar-refractivity contribution in [1.82, 2.24) is 0 Å². The van der Waals surface area contributed by atoms with Crippen LogP contribution in [-0.2, 0) is 11.3 Å². The van der Waals surface area contributed by atoms with E-state index in [1.54, 1.807) is 31.4 Å². The molecule has 7 heteroatoms. The zero-order chi connectivity index (χ0) is 15.9. The van der Waals surface area contributed by atoms with Gasteiger partial charge < -0.3 is 14.2 Å². The van der Waals surface area contributed by atoms with Gasteiger partial charge in [-0.05, 0) is 29.8 Å². The van der Waals surface area contributed by atoms with Gasteiger partial charge in [0.1, 0.15) is 18.1 Å². The van der Waals surface area contributed by atoms with Gasteiger partial charge in [-0.1, -0.05) is 12.1 Å². The number of benzene rings is 2. The second-order valence-corrected chi connectivity index (χ2v) is 4.24. The predicted molar refractivity (Wildman–Crippen MR) is 76.9 cm³/mol. The molecule has 0 N–H and O–H groups in total. The van der Waals surface area contributed by atoms with Crippen molar-refractivity contribution in [2.75, 3.05) is 7.11 Å². The van der Waals surface area contributed by atoms with Gasteiger partial charge in [-0.25, -0.2) is 4.79 Å². The SMILES string of the molecule is COc1ccc(COC(=O)Oc2ccc([N+](=O)[O-])cc2)cc1. The van der Waals surface area contributed by atoms with Crippen LogP contribution < -0.4 is 9.47 Å². The van der Waals surface area contributed by atoms with Crippen LogP contribution in [0.4, 0.5) is 10.5 Å². The molecular formula is C15H13NO6. The molecule has 0 fully saturated rings. The van der Waals surface area contributed by atoms with E-state index < -0.39 is 11.1 Å². The second kappa shape index (κ2) is 7.07. The summed E-state index contributed by atoms with van der Waals surface area (Å²) in [6, 6.07) is 12.2. The van der Waals surface area contributed by atoms with Crippen molar-refractivity contribution in [3.05, 3.63) is 64.2 Å². The lowest BCUT2D eigenvalue weighted by molar-refractivity contribution is -0.384. The first-order valence-electron chi connectivity index (χ1n) is 6.30. The Hall–Kier alpha value is -3.09. The third-order valence-corrected chi connectivity index (χ3v) is 2.76. The quantitative estimate of drug-likeness (QED) is 0.364. The van der Waals surface area contributed by atoms with Crippen LogP contribution in [0, 0.1) is 10.1 Å². The van der Waals surface area contributed by atoms with Crippen LogP contribution in [-0.4, -0.2) is 18.2 Å². The molecule has 0 aromatic heterocycles. The van der Waals surface area contributed by atoms with E-state index in [0.29, 0.717) is 5.75 Å². The molecule has 114 valence electrons. The lowest BCUT2D eigenvalue weighted by Crippen LogP contribution is -2.10. The van der Waals surface area contributed by atoms with E-state index in [-0.39, 0.29) is 18.0 Å². The first-order valence-corrected chi connectivity index (χ1v) is 6.30. The fourth-order valence-corrected chi connectivity index (χ4v) is 1.63. The van der Waals surface area contributed by atoms with E-state index >= 15 is 0 Å². The zero-order valence-corrected chi connectivity index (χ0v) is 11.7. The fourth-order valence-electron chi connectivity index (χ4n) is 1.63. The van der Waals surface area contributed by atoms with Crippen LogP contribution in [0.15, 0.2) is 48.5 Å². The van der Waals surface area contributed by atoms with Crippen molar-refractivity contribution in [2.45, 2.75) is 6.61 Å². The Morgan fingerprint density at radius 2 is 1.64 bits per heavy atom. The van der Waals surface area contributed by atoms with E-state index in [9.17, 15) is 14.9 Å². The highest BCUT2D eigenvalue weighted by Crippen LogP contribution is 2.18. The van der Waals surface area contributed by atoms with Gasteiger partial charge in [-0.2, -0.15) is 0 Å². The summed E-state index contributed by atoms with van der Waals surface area (Å²) >= 11 is 0. The topological polar surface area (TPSA) is 87.9 Å². The van der Waals surface area contributed by atoms with Gasteiger partial charge in [0, 0.05) is 12.1 Å². The van der Waals surface area contributed by atoms with Crippen LogP contribution in [0.1, 0.15) is 5.56 Å². The molecule has 2 rings (SSSR count). The Bertz CT molecular complexity index is 651. The standard InChI is InChI=1S/C15H13NO6/c1-20-13-6-2-11(3-7-13)10-21-15(17)22-14-8-4-12(5-9-14)16(18)19/h2-9H,10H2,1H3. The maximum absolute atomic E-state index is 11.5. The molecule has 0 saturated heterocycles. The molecule has 0 unspecified atom stereocenters. The van der Waals surface area contributed by atoms with Crippen molar-refractivity contribution in [2.24, 2.45) is 0 Å². The molecule has 0 bridgehead atoms. The van der Waals surface area contributed by atoms with Crippen LogP contribution >= 0.6 is 0 Å². The van der Waals surface area contributed by atoms with Crippen molar-refractivity contribution < 1.29 is 23.9 Å². The van der Waals surface area contributed by atoms with Gasteiger partial charge in [-0.15, -0.1) is 0 Å². The Morgan fingerprint density at radius 3 is 2.18 bits per heavy atom. The summed E-state index contributed by atoms with van der Waals surface area (Å²) in [5.41, 5.74) is 0.695. The molecule has 0 aliphatic heterocycles. The highest BCUT2D eigenvalue weighted by molar-refractivity contribution is 5.64. The molecule has 0 aliphatic carbocycles. The largest absolute Gasteiger partial charge is 0.514 e. The molecule has 0 radical (unpaired) electrons. The van der Waals surface area contributed by atoms with Gasteiger partial charge in [-0.3, -0.25) is 10.1 Å². The van der Waals surface area contributed by atoms with Gasteiger partial charge in [0.15, 0.2) is 0 Å². The van der Waals surface area contributed by atoms with Crippen molar-refractivity contribution >= 4 is 11.8 Å². The minimum absolute atomic E-state index is 0.0514. The van der Waals surface area contributed by atoms with E-state index in [2.05, 4.69) is 0 Å². The fraction of sp³-hybridized carbons (Fsp3) is 0.133. The van der Waals surface area contributed by atoms with Crippen molar-refractivity contribution in [3.63, 3.8) is 0 Å². The molecular weight excluding hydrogens is 290 g/mol. The number of nitro groups is 1. The number of carbonyl (C=O) groups excluding carboxylic acids is 1. The summed E-state index contributed by atoms with van der Waals surface area (Å²) in [6.07, 6.45) is -0.885. The lowest BCUT2D eigenvalue weighted by atomic mass is 10.2. The third-order valence-electron chi connectivity index (χ3n) is 2.76. The van der Waals surface area contributed by atoms with Crippen LogP contribution in [0.5, 0.6) is 11.5 Å². The Balaban J connectivity index is 1.85. The Labute approximate surface area is 126 Å². The molecule has 7 nitrogen and oxygen atoms in total. The number of hydrogen-bond donors (Lipinski definition) is 0. The molecule has 0 spiro atoms. The van der Waals surface area contributed by atoms with E-state index in [1.165, 1.54) is 24.3 Å². The van der Waals surface area contributed by atoms with E-state index in [1.807, 2.05) is 0 Å². The number of rotatable bonds is 5. The first-order chi connectivity index (χ1) is 10.6. The number of non-ortho nitro benzene ring substituents is 1. The zero-order valence-electron chi connectivity index (χ0n) is 11.7. The normalized spacial score (nSPS) is 9.86. The number of nitro benzene ring substituents is 1. The van der Waals surface area contributed by atoms with Crippen LogP contribution in [0.2, 0.25) is 0 Å². The van der Waals surface area contributed by atoms with Crippen molar-refractivity contribution in [1.29, 1.82) is 0 Å². The summed E-state index contributed by atoms with van der Waals surface area (Å²) in [5.74, 6) is 0.877. The van der Waals surface area contributed by atoms with Gasteiger partial charge in [0.25, 0.3) is 5.69 Å². The lowest BCUT2D eigenvalue weighted by Gasteiger charge is -2.06. The molecule has 22 heavy (non-hydrogen) atoms. The molecule has 0 saturated carbocycles. The second-order valence-electron chi connectivity index (χ2n) is 4.24. The summed E-state index contributed by atoms with van der Waals surface area (Å²) in [4.78, 5) is 21.5. The Kier molecular flexibility index (Phi) is 4.92. The van der Waals surface area contributed by atoms with Crippen molar-refractivity contribution in [3.8, 4) is 11.5 Å². The molecule has 0 atom stereocenters. The molecule has 2 aromatic carbocycles. The summed E-state index contributed by atoms with van der Waals surface area (Å²) in [5, 5.41) is 10.5. The summed E-state index contributed by atoms with van der Waals surface area (Å²) in [7, 11) is 1.56. The number of methoxy groups -OCH3 is 1. The Morgan fingerprint density at radius 1 is 1.05 bits per heavy atom. The van der Waals surface area contributed by atoms with Gasteiger partial charge in [0.2, 0.25) is 0 Å². The number of carbonyl (C=O) groups is 1. The average molecular weight is 303 g/mol. The highest BCUT2D eigenvalue weighted by Gasteiger charge is 2.09. The maximum atomic E-state index is 11.5. The average Bonchev–Trinajstić information content (AvgIpc) is 2.54. The predicted octanol–water partition coefficient (Wildman–Crippen LogP) is 3.32. The van der Waals surface area contributed by atoms with E-state index in [0.717, 1.165) is 5.56 Å². The number of ether oxygens (including phenoxy) is 3. The molecule has 0 heterocycles. The van der Waals surface area contributed by atoms with Gasteiger partial charge in [0.05, 0.1) is 12.0 Å². The molecule has 0 amide bonds. The minimum Gasteiger partial charge on any atom is -0.497 e. The highest BCUT2D eigenvalue weighted by atomic mass is 16.7. The molecule has 0 aliphatic rings. The minimum atomic E-state index is -0.885. The third kappa shape index (κ3) is 4.20. The number of nitrogens with zero attached hydrogens (tertiary/aromatic N) is 1. The van der Waals surface area contributed by atoms with Crippen LogP contribution in [0.3, 0.4) is 0 Å². The van der Waals surface area contributed by atoms with Gasteiger partial charge >= 0.3 is 6.16 Å². The first kappa shape index (κ1) is 15.3. The van der Waals surface area contributed by atoms with E-state index in [4.69, 9.17) is 14.2 Å². The summed E-state index contributed by atoms with van der Waals surface area (Å²) < 4.78 is 14.9. The smallest absolute Gasteiger partial charge is 0.497 e.